The van der Waals surface area contributed by atoms with Crippen LogP contribution in [0.1, 0.15) is 17.3 Å². The molecule has 68 valence electrons. The van der Waals surface area contributed by atoms with Crippen LogP contribution in [0.25, 0.3) is 0 Å². The monoisotopic (exact) mass is 202 g/mol. The molecule has 1 aromatic rings. The summed E-state index contributed by atoms with van der Waals surface area (Å²) in [6.45, 7) is 1.43. The van der Waals surface area contributed by atoms with E-state index in [2.05, 4.69) is 0 Å². The molecule has 0 amide bonds. The molecule has 1 rings (SSSR count). The van der Waals surface area contributed by atoms with Crippen molar-refractivity contribution in [2.45, 2.75) is 6.92 Å². The van der Waals surface area contributed by atoms with Crippen molar-refractivity contribution in [3.8, 4) is 0 Å². The maximum absolute atomic E-state index is 12.4. The molecule has 14 heavy (non-hydrogen) atoms. The molecule has 0 aliphatic carbocycles. The number of ketones is 1. The predicted molar refractivity (Wildman–Crippen MR) is 44.5 cm³/mol. The Hall–Kier alpha value is -0.640. The normalized spacial score (nSPS) is 10.6. The zero-order valence-corrected chi connectivity index (χ0v) is 10.1. The van der Waals surface area contributed by atoms with Gasteiger partial charge in [-0.15, -0.1) is 6.26 Å². The van der Waals surface area contributed by atoms with E-state index in [1.54, 1.807) is 0 Å². The first kappa shape index (κ1) is 13.4. The van der Waals surface area contributed by atoms with E-state index >= 15 is 0 Å². The minimum absolute atomic E-state index is 0. The molecule has 0 aliphatic rings. The van der Waals surface area contributed by atoms with Crippen molar-refractivity contribution in [3.05, 3.63) is 47.5 Å². The second kappa shape index (κ2) is 5.96. The van der Waals surface area contributed by atoms with Crippen LogP contribution in [-0.4, -0.2) is 5.78 Å². The summed E-state index contributed by atoms with van der Waals surface area (Å²) in [5.41, 5.74) is 0.442. The van der Waals surface area contributed by atoms with Crippen molar-refractivity contribution in [2.24, 2.45) is 0 Å². The van der Waals surface area contributed by atoms with E-state index in [4.69, 9.17) is 0 Å². The number of carbonyl (C=O) groups is 1. The van der Waals surface area contributed by atoms with Gasteiger partial charge in [-0.2, -0.15) is 0 Å². The molecule has 2 nitrogen and oxygen atoms in total. The molecule has 1 aromatic carbocycles. The van der Waals surface area contributed by atoms with E-state index < -0.39 is 5.82 Å². The zero-order valence-electron chi connectivity index (χ0n) is 8.08. The molecule has 0 fully saturated rings. The molecule has 0 bridgehead atoms. The maximum atomic E-state index is 12.4. The summed E-state index contributed by atoms with van der Waals surface area (Å²) < 4.78 is 12.4. The summed E-state index contributed by atoms with van der Waals surface area (Å²) >= 11 is 0. The second-order valence-electron chi connectivity index (χ2n) is 2.64. The van der Waals surface area contributed by atoms with Gasteiger partial charge in [0.15, 0.2) is 5.78 Å². The second-order valence-corrected chi connectivity index (χ2v) is 2.64. The van der Waals surface area contributed by atoms with E-state index in [9.17, 15) is 14.3 Å². The van der Waals surface area contributed by atoms with Gasteiger partial charge in [-0.1, -0.05) is 0 Å². The van der Waals surface area contributed by atoms with E-state index in [1.165, 1.54) is 31.2 Å². The van der Waals surface area contributed by atoms with Gasteiger partial charge in [0.05, 0.1) is 0 Å². The van der Waals surface area contributed by atoms with Crippen LogP contribution in [0.4, 0.5) is 4.39 Å². The minimum Gasteiger partial charge on any atom is -0.878 e. The number of hydrogen-bond acceptors (Lipinski definition) is 2. The van der Waals surface area contributed by atoms with Crippen molar-refractivity contribution in [1.82, 2.24) is 0 Å². The molecule has 0 atom stereocenters. The Kier molecular flexibility index (Phi) is 5.69. The number of halogens is 1. The number of carbonyl (C=O) groups excluding carboxylic acids is 1. The summed E-state index contributed by atoms with van der Waals surface area (Å²) in [7, 11) is 0. The molecule has 0 N–H and O–H groups in total. The van der Waals surface area contributed by atoms with Crippen LogP contribution < -0.4 is 34.7 Å². The first-order valence-corrected chi connectivity index (χ1v) is 3.74. The molecular weight excluding hydrogens is 194 g/mol. The molecule has 0 saturated carbocycles. The Balaban J connectivity index is 0.00000169. The number of allylic oxidation sites excluding steroid dienone is 1. The fourth-order valence-corrected chi connectivity index (χ4v) is 0.882. The molecule has 0 saturated heterocycles. The molecule has 0 heterocycles. The van der Waals surface area contributed by atoms with Crippen molar-refractivity contribution in [3.63, 3.8) is 0 Å². The third kappa shape index (κ3) is 3.25. The fraction of sp³-hybridized carbons (Fsp3) is 0.100. The molecule has 4 heteroatoms. The third-order valence-corrected chi connectivity index (χ3v) is 1.64. The topological polar surface area (TPSA) is 40.1 Å². The first-order chi connectivity index (χ1) is 6.15. The Morgan fingerprint density at radius 1 is 1.36 bits per heavy atom. The van der Waals surface area contributed by atoms with E-state index in [-0.39, 0.29) is 40.9 Å². The van der Waals surface area contributed by atoms with E-state index in [0.29, 0.717) is 11.8 Å². The third-order valence-electron chi connectivity index (χ3n) is 1.64. The molecule has 0 aromatic heterocycles. The Labute approximate surface area is 104 Å². The van der Waals surface area contributed by atoms with Crippen molar-refractivity contribution in [1.29, 1.82) is 0 Å². The van der Waals surface area contributed by atoms with Crippen molar-refractivity contribution < 1.29 is 43.8 Å². The fourth-order valence-electron chi connectivity index (χ4n) is 0.882. The largest absolute Gasteiger partial charge is 1.00 e. The Bertz CT molecular complexity index is 344. The van der Waals surface area contributed by atoms with Crippen LogP contribution in [0.2, 0.25) is 0 Å². The van der Waals surface area contributed by atoms with E-state index in [0.717, 1.165) is 0 Å². The number of rotatable bonds is 2. The summed E-state index contributed by atoms with van der Waals surface area (Å²) in [5, 5.41) is 10.3. The van der Waals surface area contributed by atoms with Gasteiger partial charge < -0.3 is 5.11 Å². The van der Waals surface area contributed by atoms with Gasteiger partial charge in [0, 0.05) is 5.56 Å². The van der Waals surface area contributed by atoms with E-state index in [1.807, 2.05) is 0 Å². The van der Waals surface area contributed by atoms with Crippen LogP contribution in [0.15, 0.2) is 36.1 Å². The van der Waals surface area contributed by atoms with Crippen LogP contribution in [0.5, 0.6) is 0 Å². The van der Waals surface area contributed by atoms with Gasteiger partial charge >= 0.3 is 29.6 Å². The number of hydrogen-bond donors (Lipinski definition) is 0. The summed E-state index contributed by atoms with van der Waals surface area (Å²) in [6, 6.07) is 5.08. The average molecular weight is 202 g/mol. The van der Waals surface area contributed by atoms with Crippen LogP contribution in [0.3, 0.4) is 0 Å². The summed E-state index contributed by atoms with van der Waals surface area (Å²) in [5.74, 6) is -0.768. The molecule has 0 radical (unpaired) electrons. The number of Topliss-reactive ketones (excluding diaryl/α,β-unsaturated/α-hetero) is 1. The molecular formula is C10H8FNaO2. The predicted octanol–water partition coefficient (Wildman–Crippen LogP) is -1.72. The van der Waals surface area contributed by atoms with Gasteiger partial charge in [0.1, 0.15) is 5.82 Å². The summed E-state index contributed by atoms with van der Waals surface area (Å²) in [6.07, 6.45) is 0.492. The summed E-state index contributed by atoms with van der Waals surface area (Å²) in [4.78, 5) is 11.3. The zero-order chi connectivity index (χ0) is 9.84. The average Bonchev–Trinajstić information content (AvgIpc) is 2.17. The van der Waals surface area contributed by atoms with Gasteiger partial charge in [-0.05, 0) is 36.8 Å². The first-order valence-electron chi connectivity index (χ1n) is 3.74. The molecule has 0 spiro atoms. The van der Waals surface area contributed by atoms with Gasteiger partial charge in [0.25, 0.3) is 0 Å². The SMILES string of the molecule is C/C(=C/[O-])C(=O)c1ccc(F)cc1.[Na+]. The van der Waals surface area contributed by atoms with Crippen LogP contribution in [0, 0.1) is 5.82 Å². The van der Waals surface area contributed by atoms with Gasteiger partial charge in [-0.3, -0.25) is 4.79 Å². The quantitative estimate of drug-likeness (QED) is 0.247. The molecule has 0 unspecified atom stereocenters. The van der Waals surface area contributed by atoms with Gasteiger partial charge in [0.2, 0.25) is 0 Å². The van der Waals surface area contributed by atoms with Crippen molar-refractivity contribution in [2.75, 3.05) is 0 Å². The van der Waals surface area contributed by atoms with Crippen LogP contribution in [-0.2, 0) is 0 Å². The maximum Gasteiger partial charge on any atom is 1.00 e. The van der Waals surface area contributed by atoms with Crippen molar-refractivity contribution >= 4 is 5.78 Å². The minimum atomic E-state index is -0.402. The van der Waals surface area contributed by atoms with Gasteiger partial charge in [-0.25, -0.2) is 4.39 Å². The number of benzene rings is 1. The van der Waals surface area contributed by atoms with Crippen LogP contribution >= 0.6 is 0 Å². The smallest absolute Gasteiger partial charge is 0.878 e. The Morgan fingerprint density at radius 3 is 2.29 bits per heavy atom. The standard InChI is InChI=1S/C10H9FO2.Na/c1-7(6-12)10(13)8-2-4-9(11)5-3-8;/h2-6,12H,1H3;/q;+1/p-1/b7-6-;. The Morgan fingerprint density at radius 2 is 1.86 bits per heavy atom. The molecule has 0 aliphatic heterocycles.